The van der Waals surface area contributed by atoms with Crippen LogP contribution in [-0.2, 0) is 4.79 Å². The highest BCUT2D eigenvalue weighted by Crippen LogP contribution is 2.24. The molecule has 2 fully saturated rings. The number of hydrogen-bond donors (Lipinski definition) is 2. The van der Waals surface area contributed by atoms with Gasteiger partial charge in [-0.2, -0.15) is 0 Å². The number of aliphatic hydroxyl groups excluding tert-OH is 1. The molecule has 1 aromatic rings. The Bertz CT molecular complexity index is 496. The van der Waals surface area contributed by atoms with Crippen molar-refractivity contribution in [2.45, 2.75) is 63.1 Å². The molecule has 2 atom stereocenters. The Kier molecular flexibility index (Phi) is 5.62. The van der Waals surface area contributed by atoms with Crippen molar-refractivity contribution in [3.05, 3.63) is 30.1 Å². The van der Waals surface area contributed by atoms with E-state index in [4.69, 9.17) is 0 Å². The van der Waals surface area contributed by atoms with Crippen molar-refractivity contribution in [3.8, 4) is 0 Å². The Morgan fingerprint density at radius 1 is 1.13 bits per heavy atom. The molecule has 5 heteroatoms. The van der Waals surface area contributed by atoms with Crippen LogP contribution in [-0.4, -0.2) is 46.1 Å². The summed E-state index contributed by atoms with van der Waals surface area (Å²) >= 11 is 0. The predicted octanol–water partition coefficient (Wildman–Crippen LogP) is 2.03. The summed E-state index contributed by atoms with van der Waals surface area (Å²) in [4.78, 5) is 18.8. The second-order valence-electron chi connectivity index (χ2n) is 6.74. The standard InChI is InChI=1S/C18H27N3O2/c22-17(14-8-10-19-11-9-14)16(18(23)21-12-4-5-13-21)20-15-6-2-1-3-7-15/h8-11,15-17,20,22H,1-7,12-13H2/t16-,17+/m1/s1. The van der Waals surface area contributed by atoms with Crippen LogP contribution in [0.3, 0.4) is 0 Å². The van der Waals surface area contributed by atoms with Crippen LogP contribution in [0.4, 0.5) is 0 Å². The zero-order chi connectivity index (χ0) is 16.1. The number of nitrogens with zero attached hydrogens (tertiary/aromatic N) is 2. The maximum atomic E-state index is 12.9. The minimum Gasteiger partial charge on any atom is -0.386 e. The third-order valence-electron chi connectivity index (χ3n) is 5.07. The van der Waals surface area contributed by atoms with Gasteiger partial charge < -0.3 is 15.3 Å². The Morgan fingerprint density at radius 2 is 1.78 bits per heavy atom. The average Bonchev–Trinajstić information content (AvgIpc) is 3.15. The highest BCUT2D eigenvalue weighted by atomic mass is 16.3. The average molecular weight is 317 g/mol. The first-order valence-electron chi connectivity index (χ1n) is 8.88. The Morgan fingerprint density at radius 3 is 2.43 bits per heavy atom. The number of hydrogen-bond acceptors (Lipinski definition) is 4. The van der Waals surface area contributed by atoms with Crippen LogP contribution in [0.5, 0.6) is 0 Å². The first-order chi connectivity index (χ1) is 11.3. The van der Waals surface area contributed by atoms with Crippen LogP contribution < -0.4 is 5.32 Å². The molecular weight excluding hydrogens is 290 g/mol. The number of aliphatic hydroxyl groups is 1. The SMILES string of the molecule is O=C([C@H](NC1CCCCC1)[C@@H](O)c1ccncc1)N1CCCC1. The van der Waals surface area contributed by atoms with Crippen molar-refractivity contribution in [2.24, 2.45) is 0 Å². The molecule has 126 valence electrons. The molecule has 0 spiro atoms. The van der Waals surface area contributed by atoms with E-state index in [-0.39, 0.29) is 5.91 Å². The van der Waals surface area contributed by atoms with Gasteiger partial charge in [-0.1, -0.05) is 19.3 Å². The molecule has 3 rings (SSSR count). The first-order valence-corrected chi connectivity index (χ1v) is 8.88. The van der Waals surface area contributed by atoms with Crippen LogP contribution in [0, 0.1) is 0 Å². The molecule has 1 amide bonds. The summed E-state index contributed by atoms with van der Waals surface area (Å²) in [5.41, 5.74) is 0.751. The molecule has 0 aromatic carbocycles. The number of likely N-dealkylation sites (tertiary alicyclic amines) is 1. The zero-order valence-electron chi connectivity index (χ0n) is 13.7. The fourth-order valence-electron chi connectivity index (χ4n) is 3.71. The second kappa shape index (κ2) is 7.88. The largest absolute Gasteiger partial charge is 0.386 e. The van der Waals surface area contributed by atoms with E-state index < -0.39 is 12.1 Å². The van der Waals surface area contributed by atoms with Crippen molar-refractivity contribution < 1.29 is 9.90 Å². The number of carbonyl (C=O) groups is 1. The molecule has 0 bridgehead atoms. The van der Waals surface area contributed by atoms with Gasteiger partial charge in [0.05, 0.1) is 0 Å². The van der Waals surface area contributed by atoms with Crippen molar-refractivity contribution in [2.75, 3.05) is 13.1 Å². The Balaban J connectivity index is 1.75. The van der Waals surface area contributed by atoms with Crippen molar-refractivity contribution >= 4 is 5.91 Å². The number of nitrogens with one attached hydrogen (secondary N) is 1. The van der Waals surface area contributed by atoms with E-state index in [2.05, 4.69) is 10.3 Å². The summed E-state index contributed by atoms with van der Waals surface area (Å²) in [5, 5.41) is 14.3. The highest BCUT2D eigenvalue weighted by molar-refractivity contribution is 5.83. The smallest absolute Gasteiger partial charge is 0.242 e. The number of rotatable bonds is 5. The van der Waals surface area contributed by atoms with Gasteiger partial charge >= 0.3 is 0 Å². The molecule has 2 aliphatic rings. The van der Waals surface area contributed by atoms with Gasteiger partial charge in [0.15, 0.2) is 0 Å². The molecular formula is C18H27N3O2. The van der Waals surface area contributed by atoms with E-state index in [0.29, 0.717) is 6.04 Å². The molecule has 0 unspecified atom stereocenters. The molecule has 1 saturated carbocycles. The molecule has 0 radical (unpaired) electrons. The van der Waals surface area contributed by atoms with Gasteiger partial charge in [-0.3, -0.25) is 9.78 Å². The number of amides is 1. The monoisotopic (exact) mass is 317 g/mol. The van der Waals surface area contributed by atoms with Crippen LogP contribution in [0.25, 0.3) is 0 Å². The second-order valence-corrected chi connectivity index (χ2v) is 6.74. The van der Waals surface area contributed by atoms with Gasteiger partial charge in [-0.15, -0.1) is 0 Å². The lowest BCUT2D eigenvalue weighted by Gasteiger charge is -2.33. The van der Waals surface area contributed by atoms with Gasteiger partial charge in [-0.05, 0) is 43.4 Å². The van der Waals surface area contributed by atoms with E-state index in [1.165, 1.54) is 19.3 Å². The normalized spacial score (nSPS) is 22.0. The summed E-state index contributed by atoms with van der Waals surface area (Å²) in [6.07, 6.45) is 10.5. The van der Waals surface area contributed by atoms with E-state index in [1.807, 2.05) is 4.90 Å². The molecule has 23 heavy (non-hydrogen) atoms. The topological polar surface area (TPSA) is 65.5 Å². The van der Waals surface area contributed by atoms with E-state index >= 15 is 0 Å². The maximum absolute atomic E-state index is 12.9. The van der Waals surface area contributed by atoms with Gasteiger partial charge in [-0.25, -0.2) is 0 Å². The van der Waals surface area contributed by atoms with Crippen molar-refractivity contribution in [1.29, 1.82) is 0 Å². The molecule has 5 nitrogen and oxygen atoms in total. The van der Waals surface area contributed by atoms with Crippen molar-refractivity contribution in [1.82, 2.24) is 15.2 Å². The lowest BCUT2D eigenvalue weighted by atomic mass is 9.93. The summed E-state index contributed by atoms with van der Waals surface area (Å²) in [6.45, 7) is 1.62. The van der Waals surface area contributed by atoms with E-state index in [1.54, 1.807) is 24.5 Å². The molecule has 2 N–H and O–H groups in total. The van der Waals surface area contributed by atoms with Gasteiger partial charge in [0.25, 0.3) is 0 Å². The molecule has 1 aliphatic carbocycles. The summed E-state index contributed by atoms with van der Waals surface area (Å²) < 4.78 is 0. The summed E-state index contributed by atoms with van der Waals surface area (Å²) in [5.74, 6) is 0.0392. The molecule has 1 aromatic heterocycles. The Labute approximate surface area is 138 Å². The van der Waals surface area contributed by atoms with Gasteiger partial charge in [0.1, 0.15) is 12.1 Å². The van der Waals surface area contributed by atoms with Crippen LogP contribution in [0.15, 0.2) is 24.5 Å². The summed E-state index contributed by atoms with van der Waals surface area (Å²) in [7, 11) is 0. The third kappa shape index (κ3) is 4.09. The van der Waals surface area contributed by atoms with E-state index in [0.717, 1.165) is 44.3 Å². The minimum atomic E-state index is -0.826. The van der Waals surface area contributed by atoms with Crippen LogP contribution >= 0.6 is 0 Å². The van der Waals surface area contributed by atoms with Crippen LogP contribution in [0.2, 0.25) is 0 Å². The fraction of sp³-hybridized carbons (Fsp3) is 0.667. The highest BCUT2D eigenvalue weighted by Gasteiger charge is 2.34. The first kappa shape index (κ1) is 16.4. The van der Waals surface area contributed by atoms with Gasteiger partial charge in [0.2, 0.25) is 5.91 Å². The van der Waals surface area contributed by atoms with Crippen molar-refractivity contribution in [3.63, 3.8) is 0 Å². The Hall–Kier alpha value is -1.46. The van der Waals surface area contributed by atoms with Gasteiger partial charge in [0, 0.05) is 31.5 Å². The minimum absolute atomic E-state index is 0.0392. The molecule has 1 saturated heterocycles. The lowest BCUT2D eigenvalue weighted by Crippen LogP contribution is -2.52. The molecule has 2 heterocycles. The maximum Gasteiger partial charge on any atom is 0.242 e. The summed E-state index contributed by atoms with van der Waals surface area (Å²) in [6, 6.07) is 3.35. The number of aromatic nitrogens is 1. The van der Waals surface area contributed by atoms with E-state index in [9.17, 15) is 9.90 Å². The number of carbonyl (C=O) groups excluding carboxylic acids is 1. The lowest BCUT2D eigenvalue weighted by molar-refractivity contribution is -0.135. The van der Waals surface area contributed by atoms with Crippen LogP contribution in [0.1, 0.15) is 56.6 Å². The third-order valence-corrected chi connectivity index (χ3v) is 5.07. The quantitative estimate of drug-likeness (QED) is 0.872. The zero-order valence-corrected chi connectivity index (χ0v) is 13.7. The fourth-order valence-corrected chi connectivity index (χ4v) is 3.71. The number of pyridine rings is 1. The predicted molar refractivity (Wildman–Crippen MR) is 88.8 cm³/mol. The molecule has 1 aliphatic heterocycles.